The Balaban J connectivity index is 2.29. The number of phenols is 1. The Morgan fingerprint density at radius 3 is 2.93 bits per heavy atom. The van der Waals surface area contributed by atoms with E-state index in [-0.39, 0.29) is 0 Å². The maximum atomic E-state index is 9.33. The number of nitrogens with one attached hydrogen (secondary N) is 1. The highest BCUT2D eigenvalue weighted by Gasteiger charge is 2.05. The summed E-state index contributed by atoms with van der Waals surface area (Å²) in [4.78, 5) is 3.18. The smallest absolute Gasteiger partial charge is 0.117 e. The van der Waals surface area contributed by atoms with Crippen LogP contribution >= 0.6 is 11.8 Å². The number of aromatic amines is 1. The first-order valence-electron chi connectivity index (χ1n) is 5.07. The molecule has 80 valence electrons. The maximum absolute atomic E-state index is 9.33. The standard InChI is InChI=1S/C12H15NOS/c1-8(2)15-7-9-6-13-12-5-10(14)3-4-11(9)12/h3-6,8,13-14H,7H2,1-2H3. The number of hydrogen-bond acceptors (Lipinski definition) is 2. The lowest BCUT2D eigenvalue weighted by Crippen LogP contribution is -1.87. The summed E-state index contributed by atoms with van der Waals surface area (Å²) in [6.07, 6.45) is 2.03. The van der Waals surface area contributed by atoms with Crippen LogP contribution in [0.1, 0.15) is 19.4 Å². The molecule has 0 spiro atoms. The van der Waals surface area contributed by atoms with Gasteiger partial charge < -0.3 is 10.1 Å². The van der Waals surface area contributed by atoms with Gasteiger partial charge in [0.25, 0.3) is 0 Å². The van der Waals surface area contributed by atoms with Crippen molar-refractivity contribution in [3.63, 3.8) is 0 Å². The van der Waals surface area contributed by atoms with E-state index in [1.165, 1.54) is 10.9 Å². The van der Waals surface area contributed by atoms with Crippen molar-refractivity contribution in [3.05, 3.63) is 30.0 Å². The molecule has 0 fully saturated rings. The molecule has 0 aliphatic heterocycles. The lowest BCUT2D eigenvalue weighted by atomic mass is 10.2. The van der Waals surface area contributed by atoms with Crippen LogP contribution in [0.2, 0.25) is 0 Å². The molecule has 0 atom stereocenters. The second-order valence-corrected chi connectivity index (χ2v) is 5.47. The second-order valence-electron chi connectivity index (χ2n) is 3.90. The van der Waals surface area contributed by atoms with E-state index < -0.39 is 0 Å². The number of rotatable bonds is 3. The summed E-state index contributed by atoms with van der Waals surface area (Å²) in [6.45, 7) is 4.40. The van der Waals surface area contributed by atoms with Crippen molar-refractivity contribution >= 4 is 22.7 Å². The van der Waals surface area contributed by atoms with E-state index in [4.69, 9.17) is 0 Å². The van der Waals surface area contributed by atoms with Gasteiger partial charge in [0.05, 0.1) is 0 Å². The van der Waals surface area contributed by atoms with Gasteiger partial charge in [-0.3, -0.25) is 0 Å². The number of phenolic OH excluding ortho intramolecular Hbond substituents is 1. The lowest BCUT2D eigenvalue weighted by molar-refractivity contribution is 0.476. The Labute approximate surface area is 93.7 Å². The molecule has 0 radical (unpaired) electrons. The summed E-state index contributed by atoms with van der Waals surface area (Å²) >= 11 is 1.93. The summed E-state index contributed by atoms with van der Waals surface area (Å²) < 4.78 is 0. The number of aromatic nitrogens is 1. The first-order valence-corrected chi connectivity index (χ1v) is 6.12. The van der Waals surface area contributed by atoms with Gasteiger partial charge in [-0.15, -0.1) is 0 Å². The van der Waals surface area contributed by atoms with E-state index in [0.717, 1.165) is 11.3 Å². The van der Waals surface area contributed by atoms with Gasteiger partial charge in [-0.2, -0.15) is 11.8 Å². The van der Waals surface area contributed by atoms with Crippen LogP contribution < -0.4 is 0 Å². The fraction of sp³-hybridized carbons (Fsp3) is 0.333. The Kier molecular flexibility index (Phi) is 2.91. The van der Waals surface area contributed by atoms with Crippen molar-refractivity contribution in [2.75, 3.05) is 0 Å². The molecule has 0 unspecified atom stereocenters. The molecule has 3 heteroatoms. The van der Waals surface area contributed by atoms with E-state index in [1.807, 2.05) is 24.0 Å². The van der Waals surface area contributed by atoms with Crippen molar-refractivity contribution in [1.82, 2.24) is 4.98 Å². The quantitative estimate of drug-likeness (QED) is 0.832. The Bertz CT molecular complexity index is 462. The van der Waals surface area contributed by atoms with Gasteiger partial charge in [-0.25, -0.2) is 0 Å². The number of aromatic hydroxyl groups is 1. The van der Waals surface area contributed by atoms with Crippen LogP contribution in [0.25, 0.3) is 10.9 Å². The van der Waals surface area contributed by atoms with E-state index in [1.54, 1.807) is 12.1 Å². The minimum absolute atomic E-state index is 0.312. The molecule has 0 saturated carbocycles. The molecule has 1 aromatic carbocycles. The third-order valence-corrected chi connectivity index (χ3v) is 3.47. The molecule has 0 aliphatic rings. The molecule has 2 nitrogen and oxygen atoms in total. The summed E-state index contributed by atoms with van der Waals surface area (Å²) in [6, 6.07) is 5.47. The minimum atomic E-state index is 0.312. The first-order chi connectivity index (χ1) is 7.16. The SMILES string of the molecule is CC(C)SCc1c[nH]c2cc(O)ccc12. The van der Waals surface area contributed by atoms with E-state index in [2.05, 4.69) is 18.8 Å². The monoisotopic (exact) mass is 221 g/mol. The molecule has 2 aromatic rings. The maximum Gasteiger partial charge on any atom is 0.117 e. The molecular formula is C12H15NOS. The van der Waals surface area contributed by atoms with E-state index >= 15 is 0 Å². The third-order valence-electron chi connectivity index (χ3n) is 2.32. The Hall–Kier alpha value is -1.09. The van der Waals surface area contributed by atoms with Gasteiger partial charge in [0.2, 0.25) is 0 Å². The van der Waals surface area contributed by atoms with E-state index in [9.17, 15) is 5.11 Å². The summed E-state index contributed by atoms with van der Waals surface area (Å²) in [7, 11) is 0. The average molecular weight is 221 g/mol. The van der Waals surface area contributed by atoms with Crippen molar-refractivity contribution in [2.45, 2.75) is 24.9 Å². The van der Waals surface area contributed by atoms with E-state index in [0.29, 0.717) is 11.0 Å². The van der Waals surface area contributed by atoms with Crippen LogP contribution in [-0.2, 0) is 5.75 Å². The van der Waals surface area contributed by atoms with Gasteiger partial charge in [0.1, 0.15) is 5.75 Å². The largest absolute Gasteiger partial charge is 0.508 e. The highest BCUT2D eigenvalue weighted by atomic mass is 32.2. The summed E-state index contributed by atoms with van der Waals surface area (Å²) in [5.41, 5.74) is 2.32. The lowest BCUT2D eigenvalue weighted by Gasteiger charge is -2.03. The van der Waals surface area contributed by atoms with Crippen molar-refractivity contribution in [3.8, 4) is 5.75 Å². The van der Waals surface area contributed by atoms with Crippen LogP contribution in [-0.4, -0.2) is 15.3 Å². The fourth-order valence-electron chi connectivity index (χ4n) is 1.55. The molecule has 2 N–H and O–H groups in total. The molecule has 1 heterocycles. The average Bonchev–Trinajstić information content (AvgIpc) is 2.57. The van der Waals surface area contributed by atoms with Gasteiger partial charge in [0, 0.05) is 28.9 Å². The molecule has 2 rings (SSSR count). The van der Waals surface area contributed by atoms with Crippen molar-refractivity contribution in [1.29, 1.82) is 0 Å². The summed E-state index contributed by atoms with van der Waals surface area (Å²) in [5.74, 6) is 1.33. The molecular weight excluding hydrogens is 206 g/mol. The normalized spacial score (nSPS) is 11.4. The zero-order valence-corrected chi connectivity index (χ0v) is 9.77. The number of hydrogen-bond donors (Lipinski definition) is 2. The van der Waals surface area contributed by atoms with Gasteiger partial charge in [-0.05, 0) is 22.9 Å². The second kappa shape index (κ2) is 4.19. The Morgan fingerprint density at radius 2 is 2.20 bits per heavy atom. The topological polar surface area (TPSA) is 36.0 Å². The molecule has 0 amide bonds. The van der Waals surface area contributed by atoms with Crippen LogP contribution in [0, 0.1) is 0 Å². The zero-order valence-electron chi connectivity index (χ0n) is 8.95. The molecule has 0 aliphatic carbocycles. The highest BCUT2D eigenvalue weighted by molar-refractivity contribution is 7.99. The Morgan fingerprint density at radius 1 is 1.40 bits per heavy atom. The van der Waals surface area contributed by atoms with Gasteiger partial charge in [-0.1, -0.05) is 13.8 Å². The number of benzene rings is 1. The van der Waals surface area contributed by atoms with Crippen LogP contribution in [0.4, 0.5) is 0 Å². The number of thioether (sulfide) groups is 1. The fourth-order valence-corrected chi connectivity index (χ4v) is 2.30. The van der Waals surface area contributed by atoms with Gasteiger partial charge in [0.15, 0.2) is 0 Å². The third kappa shape index (κ3) is 2.29. The van der Waals surface area contributed by atoms with Crippen molar-refractivity contribution < 1.29 is 5.11 Å². The predicted octanol–water partition coefficient (Wildman–Crippen LogP) is 3.52. The van der Waals surface area contributed by atoms with Crippen LogP contribution in [0.5, 0.6) is 5.75 Å². The first kappa shape index (κ1) is 10.4. The molecule has 15 heavy (non-hydrogen) atoms. The minimum Gasteiger partial charge on any atom is -0.508 e. The molecule has 1 aromatic heterocycles. The van der Waals surface area contributed by atoms with Crippen molar-refractivity contribution in [2.24, 2.45) is 0 Å². The number of fused-ring (bicyclic) bond motifs is 1. The predicted molar refractivity (Wildman–Crippen MR) is 66.4 cm³/mol. The van der Waals surface area contributed by atoms with Gasteiger partial charge >= 0.3 is 0 Å². The summed E-state index contributed by atoms with van der Waals surface area (Å²) in [5, 5.41) is 11.2. The highest BCUT2D eigenvalue weighted by Crippen LogP contribution is 2.26. The van der Waals surface area contributed by atoms with Crippen LogP contribution in [0.15, 0.2) is 24.4 Å². The zero-order chi connectivity index (χ0) is 10.8. The molecule has 0 saturated heterocycles. The molecule has 0 bridgehead atoms. The number of H-pyrrole nitrogens is 1. The van der Waals surface area contributed by atoms with Crippen LogP contribution in [0.3, 0.4) is 0 Å².